The zero-order chi connectivity index (χ0) is 6.57. The molecule has 1 unspecified atom stereocenters. The van der Waals surface area contributed by atoms with Gasteiger partial charge in [0.05, 0.1) is 12.0 Å². The van der Waals surface area contributed by atoms with Gasteiger partial charge in [0, 0.05) is 0 Å². The molecule has 0 aliphatic heterocycles. The van der Waals surface area contributed by atoms with Gasteiger partial charge in [-0.2, -0.15) is 5.26 Å². The molecule has 1 heteroatoms. The van der Waals surface area contributed by atoms with E-state index in [1.807, 2.05) is 13.8 Å². The van der Waals surface area contributed by atoms with E-state index in [1.54, 1.807) is 6.08 Å². The molecule has 0 bridgehead atoms. The smallest absolute Gasteiger partial charge is 0.0700 e. The number of hydrogen-bond donors (Lipinski definition) is 0. The van der Waals surface area contributed by atoms with Crippen molar-refractivity contribution in [3.63, 3.8) is 0 Å². The average Bonchev–Trinajstić information content (AvgIpc) is 1.69. The van der Waals surface area contributed by atoms with Crippen LogP contribution in [0.2, 0.25) is 0 Å². The second-order valence-electron chi connectivity index (χ2n) is 2.13. The van der Waals surface area contributed by atoms with E-state index in [9.17, 15) is 0 Å². The Bertz CT molecular complexity index is 108. The van der Waals surface area contributed by atoms with Crippen LogP contribution >= 0.6 is 0 Å². The number of allylic oxidation sites excluding steroid dienone is 1. The lowest BCUT2D eigenvalue weighted by molar-refractivity contribution is 0.561. The maximum Gasteiger partial charge on any atom is 0.0700 e. The SMILES string of the molecule is C=CC(C#N)C(C)C. The van der Waals surface area contributed by atoms with Crippen molar-refractivity contribution in [2.75, 3.05) is 0 Å². The highest BCUT2D eigenvalue weighted by atomic mass is 14.3. The zero-order valence-corrected chi connectivity index (χ0v) is 5.39. The summed E-state index contributed by atoms with van der Waals surface area (Å²) in [7, 11) is 0. The van der Waals surface area contributed by atoms with Gasteiger partial charge in [-0.25, -0.2) is 0 Å². The van der Waals surface area contributed by atoms with Gasteiger partial charge in [0.2, 0.25) is 0 Å². The van der Waals surface area contributed by atoms with Crippen molar-refractivity contribution in [1.29, 1.82) is 5.26 Å². The highest BCUT2D eigenvalue weighted by molar-refractivity contribution is 4.96. The van der Waals surface area contributed by atoms with E-state index in [2.05, 4.69) is 12.6 Å². The zero-order valence-electron chi connectivity index (χ0n) is 5.39. The molecule has 44 valence electrons. The van der Waals surface area contributed by atoms with E-state index in [0.717, 1.165) is 0 Å². The van der Waals surface area contributed by atoms with Crippen LogP contribution in [-0.4, -0.2) is 0 Å². The maximum absolute atomic E-state index is 8.38. The van der Waals surface area contributed by atoms with Gasteiger partial charge in [-0.15, -0.1) is 6.58 Å². The van der Waals surface area contributed by atoms with E-state index < -0.39 is 0 Å². The summed E-state index contributed by atoms with van der Waals surface area (Å²) in [6.45, 7) is 7.55. The molecular weight excluding hydrogens is 98.1 g/mol. The van der Waals surface area contributed by atoms with E-state index in [4.69, 9.17) is 5.26 Å². The first-order valence-electron chi connectivity index (χ1n) is 2.74. The Kier molecular flexibility index (Phi) is 2.95. The van der Waals surface area contributed by atoms with Gasteiger partial charge in [-0.1, -0.05) is 19.9 Å². The van der Waals surface area contributed by atoms with Crippen LogP contribution in [-0.2, 0) is 0 Å². The summed E-state index contributed by atoms with van der Waals surface area (Å²) < 4.78 is 0. The molecule has 1 nitrogen and oxygen atoms in total. The van der Waals surface area contributed by atoms with Crippen LogP contribution in [0.15, 0.2) is 12.7 Å². The second-order valence-corrected chi connectivity index (χ2v) is 2.13. The van der Waals surface area contributed by atoms with Crippen LogP contribution in [0.5, 0.6) is 0 Å². The van der Waals surface area contributed by atoms with Crippen LogP contribution in [0.3, 0.4) is 0 Å². The predicted molar refractivity (Wildman–Crippen MR) is 34.1 cm³/mol. The van der Waals surface area contributed by atoms with Crippen molar-refractivity contribution in [2.45, 2.75) is 13.8 Å². The monoisotopic (exact) mass is 109 g/mol. The van der Waals surface area contributed by atoms with E-state index >= 15 is 0 Å². The molecule has 0 aliphatic rings. The number of nitrogens with zero attached hydrogens (tertiary/aromatic N) is 1. The van der Waals surface area contributed by atoms with Gasteiger partial charge in [-0.3, -0.25) is 0 Å². The molecule has 0 amide bonds. The first-order valence-corrected chi connectivity index (χ1v) is 2.74. The summed E-state index contributed by atoms with van der Waals surface area (Å²) in [5.41, 5.74) is 0. The fourth-order valence-corrected chi connectivity index (χ4v) is 0.474. The quantitative estimate of drug-likeness (QED) is 0.497. The molecule has 0 aromatic rings. The molecule has 0 saturated heterocycles. The van der Waals surface area contributed by atoms with Crippen LogP contribution in [0.25, 0.3) is 0 Å². The lowest BCUT2D eigenvalue weighted by Crippen LogP contribution is -2.00. The fraction of sp³-hybridized carbons (Fsp3) is 0.571. The lowest BCUT2D eigenvalue weighted by Gasteiger charge is -2.04. The van der Waals surface area contributed by atoms with Gasteiger partial charge in [0.15, 0.2) is 0 Å². The van der Waals surface area contributed by atoms with Crippen LogP contribution in [0.4, 0.5) is 0 Å². The van der Waals surface area contributed by atoms with Crippen molar-refractivity contribution in [2.24, 2.45) is 11.8 Å². The third kappa shape index (κ3) is 1.79. The van der Waals surface area contributed by atoms with Crippen LogP contribution in [0, 0.1) is 23.2 Å². The summed E-state index contributed by atoms with van der Waals surface area (Å²) in [4.78, 5) is 0. The Morgan fingerprint density at radius 2 is 2.12 bits per heavy atom. The number of rotatable bonds is 2. The van der Waals surface area contributed by atoms with E-state index in [0.29, 0.717) is 5.92 Å². The van der Waals surface area contributed by atoms with Gasteiger partial charge >= 0.3 is 0 Å². The normalized spacial score (nSPS) is 12.8. The third-order valence-corrected chi connectivity index (χ3v) is 1.12. The van der Waals surface area contributed by atoms with Gasteiger partial charge in [0.25, 0.3) is 0 Å². The standard InChI is InChI=1S/C7H11N/c1-4-7(5-8)6(2)3/h4,6-7H,1H2,2-3H3. The highest BCUT2D eigenvalue weighted by Gasteiger charge is 2.04. The first kappa shape index (κ1) is 7.23. The minimum absolute atomic E-state index is 0.0231. The second kappa shape index (κ2) is 3.26. The predicted octanol–water partition coefficient (Wildman–Crippen LogP) is 1.97. The maximum atomic E-state index is 8.38. The Labute approximate surface area is 50.6 Å². The van der Waals surface area contributed by atoms with Crippen molar-refractivity contribution >= 4 is 0 Å². The summed E-state index contributed by atoms with van der Waals surface area (Å²) in [6.07, 6.45) is 1.69. The minimum Gasteiger partial charge on any atom is -0.198 e. The Morgan fingerprint density at radius 1 is 1.62 bits per heavy atom. The van der Waals surface area contributed by atoms with E-state index in [-0.39, 0.29) is 5.92 Å². The number of hydrogen-bond acceptors (Lipinski definition) is 1. The van der Waals surface area contributed by atoms with Gasteiger partial charge in [-0.05, 0) is 5.92 Å². The molecule has 0 aliphatic carbocycles. The fourth-order valence-electron chi connectivity index (χ4n) is 0.474. The highest BCUT2D eigenvalue weighted by Crippen LogP contribution is 2.08. The largest absolute Gasteiger partial charge is 0.198 e. The van der Waals surface area contributed by atoms with Gasteiger partial charge in [0.1, 0.15) is 0 Å². The molecule has 0 spiro atoms. The summed E-state index contributed by atoms with van der Waals surface area (Å²) in [6, 6.07) is 2.13. The van der Waals surface area contributed by atoms with E-state index in [1.165, 1.54) is 0 Å². The molecule has 0 fully saturated rings. The van der Waals surface area contributed by atoms with Gasteiger partial charge < -0.3 is 0 Å². The molecule has 1 atom stereocenters. The topological polar surface area (TPSA) is 23.8 Å². The van der Waals surface area contributed by atoms with Crippen molar-refractivity contribution in [3.8, 4) is 6.07 Å². The first-order chi connectivity index (χ1) is 3.72. The summed E-state index contributed by atoms with van der Waals surface area (Å²) >= 11 is 0. The molecular formula is C7H11N. The third-order valence-electron chi connectivity index (χ3n) is 1.12. The molecule has 8 heavy (non-hydrogen) atoms. The average molecular weight is 109 g/mol. The Balaban J connectivity index is 3.74. The van der Waals surface area contributed by atoms with Crippen molar-refractivity contribution in [1.82, 2.24) is 0 Å². The molecule has 0 N–H and O–H groups in total. The summed E-state index contributed by atoms with van der Waals surface area (Å²) in [5.74, 6) is 0.424. The number of nitriles is 1. The molecule has 0 aromatic heterocycles. The van der Waals surface area contributed by atoms with Crippen molar-refractivity contribution in [3.05, 3.63) is 12.7 Å². The van der Waals surface area contributed by atoms with Crippen molar-refractivity contribution < 1.29 is 0 Å². The molecule has 0 aromatic carbocycles. The Hall–Kier alpha value is -0.770. The van der Waals surface area contributed by atoms with Crippen LogP contribution < -0.4 is 0 Å². The minimum atomic E-state index is 0.0231. The lowest BCUT2D eigenvalue weighted by atomic mass is 9.98. The molecule has 0 radical (unpaired) electrons. The molecule has 0 heterocycles. The molecule has 0 rings (SSSR count). The Morgan fingerprint density at radius 3 is 2.12 bits per heavy atom. The summed E-state index contributed by atoms with van der Waals surface area (Å²) in [5, 5.41) is 8.38. The van der Waals surface area contributed by atoms with Crippen LogP contribution in [0.1, 0.15) is 13.8 Å². The molecule has 0 saturated carbocycles.